The highest BCUT2D eigenvalue weighted by Crippen LogP contribution is 2.37. The summed E-state index contributed by atoms with van der Waals surface area (Å²) in [6, 6.07) is 11.2. The molecule has 2 aromatic carbocycles. The first kappa shape index (κ1) is 47.3. The number of benzene rings is 2. The Bertz CT molecular complexity index is 2480. The van der Waals surface area contributed by atoms with Crippen molar-refractivity contribution in [1.82, 2.24) is 39.5 Å². The zero-order valence-corrected chi connectivity index (χ0v) is 37.1. The summed E-state index contributed by atoms with van der Waals surface area (Å²) in [5.74, 6) is -0.369. The van der Waals surface area contributed by atoms with Crippen molar-refractivity contribution in [2.45, 2.75) is 65.1 Å². The first-order valence-electron chi connectivity index (χ1n) is 18.9. The third-order valence-corrected chi connectivity index (χ3v) is 10.4. The topological polar surface area (TPSA) is 154 Å². The van der Waals surface area contributed by atoms with E-state index in [0.29, 0.717) is 5.69 Å². The molecule has 62 heavy (non-hydrogen) atoms. The summed E-state index contributed by atoms with van der Waals surface area (Å²) >= 11 is 3.34. The number of rotatable bonds is 8. The Morgan fingerprint density at radius 1 is 0.645 bits per heavy atom. The van der Waals surface area contributed by atoms with E-state index in [1.807, 2.05) is 98.4 Å². The van der Waals surface area contributed by atoms with Gasteiger partial charge >= 0.3 is 19.5 Å². The Morgan fingerprint density at radius 2 is 1.11 bits per heavy atom. The largest absolute Gasteiger partial charge is 0.498 e. The second-order valence-corrected chi connectivity index (χ2v) is 16.0. The van der Waals surface area contributed by atoms with Crippen LogP contribution < -0.4 is 26.7 Å². The average molecular weight is 932 g/mol. The van der Waals surface area contributed by atoms with Crippen LogP contribution in [-0.4, -0.2) is 71.9 Å². The van der Waals surface area contributed by atoms with Gasteiger partial charge in [0.05, 0.1) is 17.4 Å². The molecule has 14 nitrogen and oxygen atoms in total. The highest BCUT2D eigenvalue weighted by molar-refractivity contribution is 9.10. The Labute approximate surface area is 363 Å². The quantitative estimate of drug-likeness (QED) is 0.0851. The molecule has 0 amide bonds. The molecular weight excluding hydrogens is 885 g/mol. The van der Waals surface area contributed by atoms with E-state index in [9.17, 15) is 26.3 Å². The van der Waals surface area contributed by atoms with E-state index in [4.69, 9.17) is 9.31 Å². The molecule has 0 atom stereocenters. The number of nitrogens with zero attached hydrogens (tertiary/aromatic N) is 8. The number of halogens is 7. The van der Waals surface area contributed by atoms with Crippen molar-refractivity contribution < 1.29 is 35.7 Å². The van der Waals surface area contributed by atoms with Crippen molar-refractivity contribution in [3.63, 3.8) is 0 Å². The van der Waals surface area contributed by atoms with Gasteiger partial charge in [-0.05, 0) is 88.6 Å². The number of hydrogen-bond acceptors (Lipinski definition) is 12. The molecule has 1 aliphatic heterocycles. The summed E-state index contributed by atoms with van der Waals surface area (Å²) in [7, 11) is 6.19. The second kappa shape index (κ2) is 18.7. The number of alkyl halides is 6. The molecule has 0 bridgehead atoms. The van der Waals surface area contributed by atoms with Crippen molar-refractivity contribution in [3.8, 4) is 11.1 Å². The first-order chi connectivity index (χ1) is 28.9. The monoisotopic (exact) mass is 930 g/mol. The van der Waals surface area contributed by atoms with E-state index in [-0.39, 0.29) is 41.9 Å². The fourth-order valence-corrected chi connectivity index (χ4v) is 6.26. The van der Waals surface area contributed by atoms with Crippen LogP contribution in [0.15, 0.2) is 78.1 Å². The van der Waals surface area contributed by atoms with Crippen LogP contribution in [0.1, 0.15) is 49.9 Å². The Balaban J connectivity index is 0.000000182. The van der Waals surface area contributed by atoms with Gasteiger partial charge in [0.2, 0.25) is 11.9 Å². The van der Waals surface area contributed by atoms with Gasteiger partial charge in [0.1, 0.15) is 22.8 Å². The maximum absolute atomic E-state index is 12.9. The second-order valence-electron chi connectivity index (χ2n) is 15.1. The minimum absolute atomic E-state index is 0.0829. The minimum atomic E-state index is -4.52. The molecule has 22 heteroatoms. The number of aryl methyl sites for hydroxylation is 4. The maximum atomic E-state index is 12.9. The van der Waals surface area contributed by atoms with Crippen molar-refractivity contribution in [2.75, 3.05) is 35.4 Å². The lowest BCUT2D eigenvalue weighted by molar-refractivity contribution is -0.138. The van der Waals surface area contributed by atoms with Crippen LogP contribution in [0.2, 0.25) is 0 Å². The molecule has 0 unspecified atom stereocenters. The Kier molecular flexibility index (Phi) is 14.3. The van der Waals surface area contributed by atoms with Crippen LogP contribution in [0, 0.1) is 13.8 Å². The van der Waals surface area contributed by atoms with Crippen LogP contribution in [0.3, 0.4) is 0 Å². The van der Waals surface area contributed by atoms with Gasteiger partial charge in [0.25, 0.3) is 0 Å². The highest BCUT2D eigenvalue weighted by atomic mass is 79.9. The highest BCUT2D eigenvalue weighted by Gasteiger charge is 2.52. The number of aromatic nitrogens is 8. The fraction of sp³-hybridized carbons (Fsp3) is 0.350. The van der Waals surface area contributed by atoms with Gasteiger partial charge < -0.3 is 30.6 Å². The van der Waals surface area contributed by atoms with Crippen LogP contribution >= 0.6 is 15.9 Å². The Morgan fingerprint density at radius 3 is 1.52 bits per heavy atom. The first-order valence-corrected chi connectivity index (χ1v) is 19.7. The van der Waals surface area contributed by atoms with Crippen LogP contribution in [-0.2, 0) is 35.8 Å². The average Bonchev–Trinajstić information content (AvgIpc) is 3.89. The molecule has 6 aromatic rings. The maximum Gasteiger partial charge on any atom is 0.498 e. The molecule has 5 heterocycles. The SMILES string of the molecule is CNc1nc(Nc2ccc(-c3cnn(C)c3)cc2C)ncc1C(F)(F)F.CNc1nc(Nc2ccc(Br)cc2C)ncc1C(F)(F)F.Cn1cc(B2OC(C)(C)C(C)(C)O2)cn1. The number of nitrogens with one attached hydrogen (secondary N) is 4. The fourth-order valence-electron chi connectivity index (χ4n) is 5.78. The lowest BCUT2D eigenvalue weighted by Gasteiger charge is -2.32. The van der Waals surface area contributed by atoms with Gasteiger partial charge in [-0.15, -0.1) is 0 Å². The van der Waals surface area contributed by atoms with Crippen molar-refractivity contribution in [2.24, 2.45) is 14.1 Å². The molecule has 4 N–H and O–H groups in total. The predicted molar refractivity (Wildman–Crippen MR) is 231 cm³/mol. The summed E-state index contributed by atoms with van der Waals surface area (Å²) in [4.78, 5) is 15.3. The molecule has 1 aliphatic rings. The van der Waals surface area contributed by atoms with Gasteiger partial charge in [-0.3, -0.25) is 9.36 Å². The molecule has 4 aromatic heterocycles. The van der Waals surface area contributed by atoms with E-state index < -0.39 is 23.5 Å². The zero-order chi connectivity index (χ0) is 45.8. The predicted octanol–water partition coefficient (Wildman–Crippen LogP) is 9.06. The Hall–Kier alpha value is -5.74. The third kappa shape index (κ3) is 11.6. The lowest BCUT2D eigenvalue weighted by Crippen LogP contribution is -2.41. The van der Waals surface area contributed by atoms with Crippen molar-refractivity contribution in [3.05, 3.63) is 100 Å². The normalized spacial score (nSPS) is 14.3. The molecule has 7 rings (SSSR count). The molecule has 1 saturated heterocycles. The smallest absolute Gasteiger partial charge is 0.399 e. The summed E-state index contributed by atoms with van der Waals surface area (Å²) in [5.41, 5.74) is 3.81. The number of anilines is 6. The molecule has 330 valence electrons. The van der Waals surface area contributed by atoms with Gasteiger partial charge in [-0.2, -0.15) is 46.5 Å². The molecule has 0 aliphatic carbocycles. The van der Waals surface area contributed by atoms with Gasteiger partial charge in [0.15, 0.2) is 0 Å². The van der Waals surface area contributed by atoms with Crippen molar-refractivity contribution in [1.29, 1.82) is 0 Å². The minimum Gasteiger partial charge on any atom is -0.399 e. The van der Waals surface area contributed by atoms with Crippen LogP contribution in [0.4, 0.5) is 61.2 Å². The van der Waals surface area contributed by atoms with Gasteiger partial charge in [0, 0.05) is 86.0 Å². The van der Waals surface area contributed by atoms with Gasteiger partial charge in [-0.1, -0.05) is 22.0 Å². The lowest BCUT2D eigenvalue weighted by atomic mass is 9.82. The standard InChI is InChI=1S/C17H17F3N6.C13H12BrF3N4.C10H17BN2O2/c1-10-6-11(12-7-23-26(3)9-12)4-5-14(10)24-16-22-8-13(17(18,19)20)15(21-2)25-16;1-7-5-8(14)3-4-10(7)20-12-19-6-9(13(15,16)17)11(18-2)21-12;1-9(2)10(3,4)15-11(14-9)8-6-12-13(5)7-8/h4-9H,1-3H3,(H2,21,22,24,25);3-6H,1-2H3,(H2,18,19,20,21);6-7H,1-5H3. The van der Waals surface area contributed by atoms with Gasteiger partial charge in [-0.25, -0.2) is 9.97 Å². The van der Waals surface area contributed by atoms with E-state index in [1.165, 1.54) is 14.1 Å². The molecule has 0 spiro atoms. The van der Waals surface area contributed by atoms with Crippen LogP contribution in [0.25, 0.3) is 11.1 Å². The van der Waals surface area contributed by atoms with E-state index in [2.05, 4.69) is 67.3 Å². The molecular formula is C40H46BBrF6N12O2. The van der Waals surface area contributed by atoms with E-state index in [1.54, 1.807) is 27.8 Å². The molecule has 0 saturated carbocycles. The van der Waals surface area contributed by atoms with E-state index in [0.717, 1.165) is 50.3 Å². The number of hydrogen-bond donors (Lipinski definition) is 4. The third-order valence-electron chi connectivity index (χ3n) is 9.86. The summed E-state index contributed by atoms with van der Waals surface area (Å²) < 4.78 is 93.2. The molecule has 1 fully saturated rings. The summed E-state index contributed by atoms with van der Waals surface area (Å²) in [5, 5.41) is 19.0. The summed E-state index contributed by atoms with van der Waals surface area (Å²) in [6.45, 7) is 11.9. The van der Waals surface area contributed by atoms with Crippen LogP contribution in [0.5, 0.6) is 0 Å². The zero-order valence-electron chi connectivity index (χ0n) is 35.5. The molecule has 0 radical (unpaired) electrons. The van der Waals surface area contributed by atoms with Crippen molar-refractivity contribution >= 4 is 63.4 Å². The van der Waals surface area contributed by atoms with E-state index >= 15 is 0 Å². The summed E-state index contributed by atoms with van der Waals surface area (Å²) in [6.07, 6.45) is -0.122.